The summed E-state index contributed by atoms with van der Waals surface area (Å²) in [7, 11) is 0. The molecule has 0 saturated carbocycles. The van der Waals surface area contributed by atoms with Gasteiger partial charge >= 0.3 is 0 Å². The zero-order valence-corrected chi connectivity index (χ0v) is 15.3. The predicted molar refractivity (Wildman–Crippen MR) is 108 cm³/mol. The molecule has 0 aromatic heterocycles. The highest BCUT2D eigenvalue weighted by molar-refractivity contribution is 5.65. The predicted octanol–water partition coefficient (Wildman–Crippen LogP) is 6.11. The van der Waals surface area contributed by atoms with E-state index in [-0.39, 0.29) is 5.82 Å². The SMILES string of the molecule is CCCCc1ccc(C#Cc2ccc(-c3ccc(C#N)cc3)cc2)c(F)c1. The molecule has 2 heteroatoms. The Labute approximate surface area is 160 Å². The molecule has 0 N–H and O–H groups in total. The minimum absolute atomic E-state index is 0.259. The van der Waals surface area contributed by atoms with Crippen LogP contribution in [0.1, 0.15) is 42.0 Å². The summed E-state index contributed by atoms with van der Waals surface area (Å²) in [5.41, 5.74) is 5.02. The van der Waals surface area contributed by atoms with E-state index in [2.05, 4.69) is 24.8 Å². The maximum absolute atomic E-state index is 14.2. The average Bonchev–Trinajstić information content (AvgIpc) is 2.72. The smallest absolute Gasteiger partial charge is 0.139 e. The van der Waals surface area contributed by atoms with E-state index in [4.69, 9.17) is 5.26 Å². The van der Waals surface area contributed by atoms with E-state index in [0.29, 0.717) is 11.1 Å². The highest BCUT2D eigenvalue weighted by atomic mass is 19.1. The summed E-state index contributed by atoms with van der Waals surface area (Å²) in [6.07, 6.45) is 3.07. The Kier molecular flexibility index (Phi) is 6.03. The van der Waals surface area contributed by atoms with Crippen LogP contribution in [0, 0.1) is 29.0 Å². The van der Waals surface area contributed by atoms with Gasteiger partial charge < -0.3 is 0 Å². The van der Waals surface area contributed by atoms with Crippen LogP contribution in [0.2, 0.25) is 0 Å². The fourth-order valence-corrected chi connectivity index (χ4v) is 2.82. The largest absolute Gasteiger partial charge is 0.206 e. The summed E-state index contributed by atoms with van der Waals surface area (Å²) in [5, 5.41) is 8.87. The molecule has 0 radical (unpaired) electrons. The first-order valence-corrected chi connectivity index (χ1v) is 9.10. The number of aryl methyl sites for hydroxylation is 1. The lowest BCUT2D eigenvalue weighted by atomic mass is 10.0. The summed E-state index contributed by atoms with van der Waals surface area (Å²) in [5.74, 6) is 5.70. The Morgan fingerprint density at radius 2 is 1.44 bits per heavy atom. The van der Waals surface area contributed by atoms with E-state index in [0.717, 1.165) is 41.5 Å². The van der Waals surface area contributed by atoms with Gasteiger partial charge in [0.15, 0.2) is 0 Å². The Morgan fingerprint density at radius 1 is 0.815 bits per heavy atom. The van der Waals surface area contributed by atoms with Gasteiger partial charge in [-0.2, -0.15) is 5.26 Å². The number of hydrogen-bond acceptors (Lipinski definition) is 1. The first kappa shape index (κ1) is 18.4. The number of hydrogen-bond donors (Lipinski definition) is 0. The van der Waals surface area contributed by atoms with Crippen molar-refractivity contribution in [1.29, 1.82) is 5.26 Å². The molecule has 0 heterocycles. The van der Waals surface area contributed by atoms with Crippen LogP contribution in [-0.4, -0.2) is 0 Å². The van der Waals surface area contributed by atoms with Crippen molar-refractivity contribution >= 4 is 0 Å². The molecule has 3 aromatic rings. The van der Waals surface area contributed by atoms with Gasteiger partial charge in [0.1, 0.15) is 5.82 Å². The van der Waals surface area contributed by atoms with E-state index >= 15 is 0 Å². The summed E-state index contributed by atoms with van der Waals surface area (Å²) >= 11 is 0. The van der Waals surface area contributed by atoms with Gasteiger partial charge in [0.2, 0.25) is 0 Å². The maximum Gasteiger partial charge on any atom is 0.139 e. The van der Waals surface area contributed by atoms with E-state index in [1.54, 1.807) is 24.3 Å². The number of nitriles is 1. The Hall–Kier alpha value is -3.36. The van der Waals surface area contributed by atoms with Crippen LogP contribution in [0.4, 0.5) is 4.39 Å². The second kappa shape index (κ2) is 8.84. The van der Waals surface area contributed by atoms with Crippen molar-refractivity contribution in [3.8, 4) is 29.0 Å². The van der Waals surface area contributed by atoms with E-state index < -0.39 is 0 Å². The van der Waals surface area contributed by atoms with Crippen LogP contribution in [0.5, 0.6) is 0 Å². The third kappa shape index (κ3) is 4.84. The standard InChI is InChI=1S/C25H20FN/c1-2-3-4-20-8-16-24(25(26)17-20)15-7-19-5-11-22(12-6-19)23-13-9-21(18-27)10-14-23/h5-6,8-14,16-17H,2-4H2,1H3. The molecule has 0 aliphatic heterocycles. The van der Waals surface area contributed by atoms with Crippen molar-refractivity contribution in [3.63, 3.8) is 0 Å². The second-order valence-corrected chi connectivity index (χ2v) is 6.43. The van der Waals surface area contributed by atoms with Gasteiger partial charge in [0.25, 0.3) is 0 Å². The maximum atomic E-state index is 14.2. The molecular formula is C25H20FN. The Balaban J connectivity index is 1.74. The lowest BCUT2D eigenvalue weighted by Gasteiger charge is -2.02. The summed E-state index contributed by atoms with van der Waals surface area (Å²) in [4.78, 5) is 0. The van der Waals surface area contributed by atoms with Crippen LogP contribution in [0.25, 0.3) is 11.1 Å². The van der Waals surface area contributed by atoms with Gasteiger partial charge in [-0.1, -0.05) is 55.5 Å². The number of rotatable bonds is 4. The van der Waals surface area contributed by atoms with Gasteiger partial charge in [-0.3, -0.25) is 0 Å². The Bertz CT molecular complexity index is 1010. The number of nitrogens with zero attached hydrogens (tertiary/aromatic N) is 1. The van der Waals surface area contributed by atoms with Crippen molar-refractivity contribution in [2.45, 2.75) is 26.2 Å². The van der Waals surface area contributed by atoms with Crippen molar-refractivity contribution in [1.82, 2.24) is 0 Å². The zero-order chi connectivity index (χ0) is 19.1. The molecule has 0 bridgehead atoms. The first-order chi connectivity index (χ1) is 13.2. The van der Waals surface area contributed by atoms with Crippen LogP contribution in [0.3, 0.4) is 0 Å². The second-order valence-electron chi connectivity index (χ2n) is 6.43. The molecule has 132 valence electrons. The molecular weight excluding hydrogens is 333 g/mol. The molecule has 0 spiro atoms. The molecule has 1 nitrogen and oxygen atoms in total. The van der Waals surface area contributed by atoms with Gasteiger partial charge in [0, 0.05) is 5.56 Å². The summed E-state index contributed by atoms with van der Waals surface area (Å²) < 4.78 is 14.2. The minimum atomic E-state index is -0.259. The number of halogens is 1. The fraction of sp³-hybridized carbons (Fsp3) is 0.160. The third-order valence-electron chi connectivity index (χ3n) is 4.43. The molecule has 3 rings (SSSR count). The van der Waals surface area contributed by atoms with Gasteiger partial charge in [-0.05, 0) is 65.9 Å². The quantitative estimate of drug-likeness (QED) is 0.519. The van der Waals surface area contributed by atoms with Crippen LogP contribution < -0.4 is 0 Å². The zero-order valence-electron chi connectivity index (χ0n) is 15.3. The molecule has 0 aliphatic rings. The monoisotopic (exact) mass is 353 g/mol. The van der Waals surface area contributed by atoms with Crippen molar-refractivity contribution in [2.24, 2.45) is 0 Å². The molecule has 0 fully saturated rings. The third-order valence-corrected chi connectivity index (χ3v) is 4.43. The van der Waals surface area contributed by atoms with Crippen molar-refractivity contribution in [2.75, 3.05) is 0 Å². The first-order valence-electron chi connectivity index (χ1n) is 9.10. The molecule has 0 saturated heterocycles. The number of unbranched alkanes of at least 4 members (excludes halogenated alkanes) is 1. The summed E-state index contributed by atoms with van der Waals surface area (Å²) in [6, 6.07) is 22.7. The van der Waals surface area contributed by atoms with Crippen LogP contribution in [0.15, 0.2) is 66.7 Å². The lowest BCUT2D eigenvalue weighted by Crippen LogP contribution is -1.90. The van der Waals surface area contributed by atoms with E-state index in [1.807, 2.05) is 42.5 Å². The average molecular weight is 353 g/mol. The molecule has 0 aliphatic carbocycles. The molecule has 0 amide bonds. The van der Waals surface area contributed by atoms with Gasteiger partial charge in [-0.25, -0.2) is 4.39 Å². The normalized spacial score (nSPS) is 9.96. The number of benzene rings is 3. The highest BCUT2D eigenvalue weighted by Gasteiger charge is 2.02. The van der Waals surface area contributed by atoms with E-state index in [9.17, 15) is 4.39 Å². The fourth-order valence-electron chi connectivity index (χ4n) is 2.82. The highest BCUT2D eigenvalue weighted by Crippen LogP contribution is 2.20. The van der Waals surface area contributed by atoms with Crippen LogP contribution in [-0.2, 0) is 6.42 Å². The molecule has 0 atom stereocenters. The van der Waals surface area contributed by atoms with Gasteiger partial charge in [-0.15, -0.1) is 0 Å². The van der Waals surface area contributed by atoms with Crippen molar-refractivity contribution in [3.05, 3.63) is 94.8 Å². The lowest BCUT2D eigenvalue weighted by molar-refractivity contribution is 0.620. The van der Waals surface area contributed by atoms with E-state index in [1.165, 1.54) is 0 Å². The Morgan fingerprint density at radius 3 is 2.00 bits per heavy atom. The topological polar surface area (TPSA) is 23.8 Å². The molecule has 0 unspecified atom stereocenters. The van der Waals surface area contributed by atoms with Crippen molar-refractivity contribution < 1.29 is 4.39 Å². The minimum Gasteiger partial charge on any atom is -0.206 e. The molecule has 27 heavy (non-hydrogen) atoms. The molecule has 3 aromatic carbocycles. The summed E-state index contributed by atoms with van der Waals surface area (Å²) in [6.45, 7) is 2.13. The van der Waals surface area contributed by atoms with Gasteiger partial charge in [0.05, 0.1) is 17.2 Å². The van der Waals surface area contributed by atoms with Crippen LogP contribution >= 0.6 is 0 Å².